The van der Waals surface area contributed by atoms with Crippen LogP contribution in [0.5, 0.6) is 5.75 Å². The predicted octanol–water partition coefficient (Wildman–Crippen LogP) is 3.57. The Morgan fingerprint density at radius 2 is 1.89 bits per heavy atom. The van der Waals surface area contributed by atoms with Crippen molar-refractivity contribution in [3.63, 3.8) is 0 Å². The number of benzene rings is 2. The van der Waals surface area contributed by atoms with Gasteiger partial charge in [-0.05, 0) is 48.4 Å². The van der Waals surface area contributed by atoms with Crippen LogP contribution >= 0.6 is 0 Å². The Bertz CT molecular complexity index is 1030. The summed E-state index contributed by atoms with van der Waals surface area (Å²) >= 11 is 0. The number of sulfonamides is 1. The van der Waals surface area contributed by atoms with E-state index in [-0.39, 0.29) is 16.6 Å². The predicted molar refractivity (Wildman–Crippen MR) is 106 cm³/mol. The molecule has 0 radical (unpaired) electrons. The van der Waals surface area contributed by atoms with Crippen molar-refractivity contribution in [1.29, 1.82) is 0 Å². The zero-order valence-corrected chi connectivity index (χ0v) is 17.1. The molecule has 0 unspecified atom stereocenters. The van der Waals surface area contributed by atoms with E-state index in [1.54, 1.807) is 23.1 Å². The maximum absolute atomic E-state index is 13.9. The number of hydrogen-bond acceptors (Lipinski definition) is 4. The summed E-state index contributed by atoms with van der Waals surface area (Å²) < 4.78 is 46.3. The molecule has 0 bridgehead atoms. The summed E-state index contributed by atoms with van der Waals surface area (Å²) in [4.78, 5) is 14.1. The number of ether oxygens (including phenoxy) is 1. The SMILES string of the molecule is COc1ccc(S(=O)(=O)Nc2ccc3c(c2)CCN3C(=O)C(C)(C)C)cc1F. The summed E-state index contributed by atoms with van der Waals surface area (Å²) in [6.45, 7) is 6.16. The lowest BCUT2D eigenvalue weighted by molar-refractivity contribution is -0.125. The fourth-order valence-electron chi connectivity index (χ4n) is 3.11. The molecule has 150 valence electrons. The number of hydrogen-bond donors (Lipinski definition) is 1. The van der Waals surface area contributed by atoms with Crippen LogP contribution in [0.2, 0.25) is 0 Å². The minimum Gasteiger partial charge on any atom is -0.494 e. The molecule has 0 atom stereocenters. The lowest BCUT2D eigenvalue weighted by Gasteiger charge is -2.26. The molecule has 1 aliphatic heterocycles. The second kappa shape index (κ2) is 7.09. The van der Waals surface area contributed by atoms with Crippen LogP contribution in [0.3, 0.4) is 0 Å². The van der Waals surface area contributed by atoms with Crippen LogP contribution in [-0.2, 0) is 21.2 Å². The third-order valence-electron chi connectivity index (χ3n) is 4.55. The molecule has 0 saturated heterocycles. The van der Waals surface area contributed by atoms with Crippen LogP contribution in [0.15, 0.2) is 41.3 Å². The van der Waals surface area contributed by atoms with Gasteiger partial charge in [0.15, 0.2) is 11.6 Å². The van der Waals surface area contributed by atoms with Crippen molar-refractivity contribution in [2.45, 2.75) is 32.1 Å². The molecule has 0 saturated carbocycles. The standard InChI is InChI=1S/C20H23FN2O4S/c1-20(2,3)19(24)23-10-9-13-11-14(5-7-17(13)23)22-28(25,26)15-6-8-18(27-4)16(21)12-15/h5-8,11-12,22H,9-10H2,1-4H3. The van der Waals surface area contributed by atoms with Crippen LogP contribution in [0.1, 0.15) is 26.3 Å². The molecule has 3 rings (SSSR count). The van der Waals surface area contributed by atoms with Crippen molar-refractivity contribution >= 4 is 27.3 Å². The molecule has 0 aliphatic carbocycles. The Kier molecular flexibility index (Phi) is 5.10. The van der Waals surface area contributed by atoms with Gasteiger partial charge in [-0.25, -0.2) is 12.8 Å². The molecule has 1 amide bonds. The highest BCUT2D eigenvalue weighted by Gasteiger charge is 2.32. The van der Waals surface area contributed by atoms with Crippen LogP contribution in [0.25, 0.3) is 0 Å². The Morgan fingerprint density at radius 3 is 2.50 bits per heavy atom. The molecule has 0 fully saturated rings. The molecule has 28 heavy (non-hydrogen) atoms. The van der Waals surface area contributed by atoms with E-state index in [2.05, 4.69) is 4.72 Å². The molecule has 2 aromatic carbocycles. The van der Waals surface area contributed by atoms with Crippen molar-refractivity contribution in [1.82, 2.24) is 0 Å². The van der Waals surface area contributed by atoms with Gasteiger partial charge >= 0.3 is 0 Å². The van der Waals surface area contributed by atoms with Crippen molar-refractivity contribution in [2.75, 3.05) is 23.3 Å². The number of carbonyl (C=O) groups is 1. The number of halogens is 1. The van der Waals surface area contributed by atoms with Gasteiger partial charge in [0, 0.05) is 23.3 Å². The third-order valence-corrected chi connectivity index (χ3v) is 5.93. The zero-order chi connectivity index (χ0) is 20.7. The average molecular weight is 406 g/mol. The largest absolute Gasteiger partial charge is 0.494 e. The maximum Gasteiger partial charge on any atom is 0.262 e. The molecule has 1 N–H and O–H groups in total. The number of fused-ring (bicyclic) bond motifs is 1. The van der Waals surface area contributed by atoms with E-state index in [1.165, 1.54) is 19.2 Å². The first-order valence-electron chi connectivity index (χ1n) is 8.84. The Morgan fingerprint density at radius 1 is 1.18 bits per heavy atom. The fourth-order valence-corrected chi connectivity index (χ4v) is 4.17. The minimum atomic E-state index is -3.96. The highest BCUT2D eigenvalue weighted by atomic mass is 32.2. The van der Waals surface area contributed by atoms with Crippen molar-refractivity contribution in [2.24, 2.45) is 5.41 Å². The molecule has 0 spiro atoms. The van der Waals surface area contributed by atoms with E-state index >= 15 is 0 Å². The summed E-state index contributed by atoms with van der Waals surface area (Å²) in [5.74, 6) is -0.760. The van der Waals surface area contributed by atoms with Crippen LogP contribution in [0.4, 0.5) is 15.8 Å². The minimum absolute atomic E-state index is 0.0216. The van der Waals surface area contributed by atoms with Gasteiger partial charge in [0.2, 0.25) is 5.91 Å². The van der Waals surface area contributed by atoms with Crippen LogP contribution in [0, 0.1) is 11.2 Å². The molecule has 2 aromatic rings. The Balaban J connectivity index is 1.85. The highest BCUT2D eigenvalue weighted by molar-refractivity contribution is 7.92. The first-order valence-corrected chi connectivity index (χ1v) is 10.3. The zero-order valence-electron chi connectivity index (χ0n) is 16.2. The molecule has 1 heterocycles. The maximum atomic E-state index is 13.9. The van der Waals surface area contributed by atoms with Gasteiger partial charge in [0.1, 0.15) is 0 Å². The second-order valence-electron chi connectivity index (χ2n) is 7.70. The summed E-state index contributed by atoms with van der Waals surface area (Å²) in [6, 6.07) is 8.51. The Hall–Kier alpha value is -2.61. The first-order chi connectivity index (χ1) is 13.0. The highest BCUT2D eigenvalue weighted by Crippen LogP contribution is 2.34. The number of rotatable bonds is 4. The monoisotopic (exact) mass is 406 g/mol. The molecular formula is C20H23FN2O4S. The van der Waals surface area contributed by atoms with E-state index in [0.29, 0.717) is 18.7 Å². The van der Waals surface area contributed by atoms with E-state index in [9.17, 15) is 17.6 Å². The van der Waals surface area contributed by atoms with Crippen molar-refractivity contribution < 1.29 is 22.3 Å². The second-order valence-corrected chi connectivity index (χ2v) is 9.38. The lowest BCUT2D eigenvalue weighted by atomic mass is 9.94. The van der Waals surface area contributed by atoms with E-state index < -0.39 is 21.3 Å². The van der Waals surface area contributed by atoms with E-state index in [0.717, 1.165) is 17.3 Å². The van der Waals surface area contributed by atoms with Gasteiger partial charge < -0.3 is 9.64 Å². The quantitative estimate of drug-likeness (QED) is 0.842. The Labute approximate surface area is 164 Å². The van der Waals surface area contributed by atoms with Gasteiger partial charge in [0.25, 0.3) is 10.0 Å². The molecule has 1 aliphatic rings. The normalized spacial score (nSPS) is 14.0. The van der Waals surface area contributed by atoms with E-state index in [1.807, 2.05) is 20.8 Å². The molecular weight excluding hydrogens is 383 g/mol. The fraction of sp³-hybridized carbons (Fsp3) is 0.350. The smallest absolute Gasteiger partial charge is 0.262 e. The summed E-state index contributed by atoms with van der Waals surface area (Å²) in [5, 5.41) is 0. The average Bonchev–Trinajstić information content (AvgIpc) is 3.02. The van der Waals surface area contributed by atoms with Crippen molar-refractivity contribution in [3.8, 4) is 5.75 Å². The van der Waals surface area contributed by atoms with Crippen LogP contribution < -0.4 is 14.4 Å². The summed E-state index contributed by atoms with van der Waals surface area (Å²) in [5.41, 5.74) is 1.54. The lowest BCUT2D eigenvalue weighted by Crippen LogP contribution is -2.38. The number of amides is 1. The number of methoxy groups -OCH3 is 1. The molecule has 6 nitrogen and oxygen atoms in total. The van der Waals surface area contributed by atoms with Gasteiger partial charge in [-0.1, -0.05) is 20.8 Å². The van der Waals surface area contributed by atoms with Crippen molar-refractivity contribution in [3.05, 3.63) is 47.8 Å². The summed E-state index contributed by atoms with van der Waals surface area (Å²) in [6.07, 6.45) is 0.643. The van der Waals surface area contributed by atoms with Gasteiger partial charge in [0.05, 0.1) is 12.0 Å². The molecule has 0 aromatic heterocycles. The molecule has 8 heteroatoms. The first kappa shape index (κ1) is 20.1. The van der Waals surface area contributed by atoms with Gasteiger partial charge in [-0.3, -0.25) is 9.52 Å². The van der Waals surface area contributed by atoms with Crippen LogP contribution in [-0.4, -0.2) is 28.0 Å². The van der Waals surface area contributed by atoms with E-state index in [4.69, 9.17) is 4.74 Å². The number of nitrogens with one attached hydrogen (secondary N) is 1. The number of anilines is 2. The number of carbonyl (C=O) groups excluding carboxylic acids is 1. The summed E-state index contributed by atoms with van der Waals surface area (Å²) in [7, 11) is -2.65. The van der Waals surface area contributed by atoms with Gasteiger partial charge in [-0.15, -0.1) is 0 Å². The topological polar surface area (TPSA) is 75.7 Å². The van der Waals surface area contributed by atoms with Gasteiger partial charge in [-0.2, -0.15) is 0 Å². The third kappa shape index (κ3) is 3.82. The number of nitrogens with zero attached hydrogens (tertiary/aromatic N) is 1.